The van der Waals surface area contributed by atoms with Gasteiger partial charge in [-0.1, -0.05) is 42.5 Å². The predicted octanol–water partition coefficient (Wildman–Crippen LogP) is 2.82. The molecule has 0 radical (unpaired) electrons. The van der Waals surface area contributed by atoms with E-state index in [-0.39, 0.29) is 11.7 Å². The van der Waals surface area contributed by atoms with E-state index < -0.39 is 9.84 Å². The predicted molar refractivity (Wildman–Crippen MR) is 86.2 cm³/mol. The summed E-state index contributed by atoms with van der Waals surface area (Å²) in [4.78, 5) is 0.414. The molecule has 21 heavy (non-hydrogen) atoms. The molecule has 0 aliphatic heterocycles. The van der Waals surface area contributed by atoms with Gasteiger partial charge in [-0.15, -0.1) is 0 Å². The fraction of sp³-hybridized carbons (Fsp3) is 0.294. The van der Waals surface area contributed by atoms with E-state index in [2.05, 4.69) is 0 Å². The van der Waals surface area contributed by atoms with Crippen LogP contribution in [0.15, 0.2) is 53.4 Å². The molecular formula is C17H21NO2S. The second-order valence-electron chi connectivity index (χ2n) is 5.39. The zero-order valence-corrected chi connectivity index (χ0v) is 13.2. The highest BCUT2D eigenvalue weighted by atomic mass is 32.2. The van der Waals surface area contributed by atoms with Crippen molar-refractivity contribution in [3.63, 3.8) is 0 Å². The highest BCUT2D eigenvalue weighted by molar-refractivity contribution is 7.91. The second-order valence-corrected chi connectivity index (χ2v) is 7.40. The monoisotopic (exact) mass is 303 g/mol. The Morgan fingerprint density at radius 1 is 1.05 bits per heavy atom. The first-order valence-electron chi connectivity index (χ1n) is 6.99. The summed E-state index contributed by atoms with van der Waals surface area (Å²) in [6, 6.07) is 15.1. The van der Waals surface area contributed by atoms with Crippen LogP contribution in [0, 0.1) is 13.8 Å². The molecule has 2 aromatic rings. The van der Waals surface area contributed by atoms with Crippen molar-refractivity contribution >= 4 is 9.84 Å². The van der Waals surface area contributed by atoms with Crippen LogP contribution in [0.5, 0.6) is 0 Å². The van der Waals surface area contributed by atoms with E-state index in [4.69, 9.17) is 5.73 Å². The van der Waals surface area contributed by atoms with Gasteiger partial charge in [0.25, 0.3) is 0 Å². The van der Waals surface area contributed by atoms with Gasteiger partial charge in [-0.25, -0.2) is 8.42 Å². The molecule has 4 heteroatoms. The van der Waals surface area contributed by atoms with E-state index in [1.807, 2.05) is 56.3 Å². The number of nitrogens with two attached hydrogens (primary N) is 1. The average molecular weight is 303 g/mol. The Bertz CT molecular complexity index is 709. The molecule has 0 spiro atoms. The van der Waals surface area contributed by atoms with E-state index in [1.54, 1.807) is 6.07 Å². The van der Waals surface area contributed by atoms with Crippen molar-refractivity contribution in [1.29, 1.82) is 0 Å². The van der Waals surface area contributed by atoms with Gasteiger partial charge < -0.3 is 5.73 Å². The highest BCUT2D eigenvalue weighted by Crippen LogP contribution is 2.24. The Labute approximate surface area is 126 Å². The first kappa shape index (κ1) is 15.7. The molecule has 0 amide bonds. The molecule has 0 aromatic heterocycles. The molecule has 0 fully saturated rings. The maximum absolute atomic E-state index is 12.7. The minimum atomic E-state index is -3.35. The topological polar surface area (TPSA) is 60.2 Å². The van der Waals surface area contributed by atoms with Crippen LogP contribution in [0.2, 0.25) is 0 Å². The maximum atomic E-state index is 12.7. The number of hydrogen-bond donors (Lipinski definition) is 1. The van der Waals surface area contributed by atoms with E-state index in [9.17, 15) is 8.42 Å². The molecule has 112 valence electrons. The molecule has 2 N–H and O–H groups in total. The zero-order valence-electron chi connectivity index (χ0n) is 12.4. The lowest BCUT2D eigenvalue weighted by molar-refractivity contribution is 0.587. The number of sulfone groups is 1. The molecule has 0 heterocycles. The summed E-state index contributed by atoms with van der Waals surface area (Å²) in [5.74, 6) is -0.145. The second kappa shape index (κ2) is 6.41. The Morgan fingerprint density at radius 3 is 2.33 bits per heavy atom. The minimum absolute atomic E-state index is 0.0395. The van der Waals surface area contributed by atoms with Crippen LogP contribution in [0.3, 0.4) is 0 Å². The fourth-order valence-corrected chi connectivity index (χ4v) is 4.38. The molecule has 1 unspecified atom stereocenters. The van der Waals surface area contributed by atoms with Crippen molar-refractivity contribution in [3.05, 3.63) is 65.2 Å². The maximum Gasteiger partial charge on any atom is 0.179 e. The number of hydrogen-bond acceptors (Lipinski definition) is 3. The lowest BCUT2D eigenvalue weighted by atomic mass is 10.0. The zero-order chi connectivity index (χ0) is 15.5. The summed E-state index contributed by atoms with van der Waals surface area (Å²) in [5, 5.41) is 0. The van der Waals surface area contributed by atoms with E-state index in [0.717, 1.165) is 16.7 Å². The molecule has 0 saturated heterocycles. The van der Waals surface area contributed by atoms with Crippen LogP contribution < -0.4 is 5.73 Å². The summed E-state index contributed by atoms with van der Waals surface area (Å²) < 4.78 is 25.4. The number of rotatable bonds is 5. The van der Waals surface area contributed by atoms with Gasteiger partial charge in [-0.2, -0.15) is 0 Å². The SMILES string of the molecule is Cc1ccc(C)c(S(=O)(=O)CC(CN)c2ccccc2)c1. The van der Waals surface area contributed by atoms with Crippen LogP contribution in [0.25, 0.3) is 0 Å². The van der Waals surface area contributed by atoms with Crippen LogP contribution in [0.1, 0.15) is 22.6 Å². The van der Waals surface area contributed by atoms with Gasteiger partial charge in [-0.3, -0.25) is 0 Å². The summed E-state index contributed by atoms with van der Waals surface area (Å²) in [6.45, 7) is 4.04. The quantitative estimate of drug-likeness (QED) is 0.924. The Hall–Kier alpha value is -1.65. The molecule has 2 rings (SSSR count). The first-order valence-corrected chi connectivity index (χ1v) is 8.64. The van der Waals surface area contributed by atoms with Gasteiger partial charge in [0.2, 0.25) is 0 Å². The van der Waals surface area contributed by atoms with Gasteiger partial charge in [-0.05, 0) is 36.6 Å². The lowest BCUT2D eigenvalue weighted by Gasteiger charge is -2.16. The normalized spacial score (nSPS) is 13.1. The summed E-state index contributed by atoms with van der Waals surface area (Å²) in [7, 11) is -3.35. The van der Waals surface area contributed by atoms with Crippen molar-refractivity contribution in [1.82, 2.24) is 0 Å². The summed E-state index contributed by atoms with van der Waals surface area (Å²) >= 11 is 0. The molecule has 0 aliphatic rings. The van der Waals surface area contributed by atoms with Crippen LogP contribution >= 0.6 is 0 Å². The van der Waals surface area contributed by atoms with Crippen LogP contribution in [-0.2, 0) is 9.84 Å². The largest absolute Gasteiger partial charge is 0.330 e. The molecule has 2 aromatic carbocycles. The van der Waals surface area contributed by atoms with E-state index >= 15 is 0 Å². The molecule has 0 aliphatic carbocycles. The van der Waals surface area contributed by atoms with Crippen molar-refractivity contribution in [2.24, 2.45) is 5.73 Å². The third-order valence-electron chi connectivity index (χ3n) is 3.65. The minimum Gasteiger partial charge on any atom is -0.330 e. The number of aryl methyl sites for hydroxylation is 2. The molecule has 3 nitrogen and oxygen atoms in total. The Kier molecular flexibility index (Phi) is 4.80. The van der Waals surface area contributed by atoms with Crippen molar-refractivity contribution < 1.29 is 8.42 Å². The smallest absolute Gasteiger partial charge is 0.179 e. The average Bonchev–Trinajstić information content (AvgIpc) is 2.48. The van der Waals surface area contributed by atoms with E-state index in [1.165, 1.54) is 0 Å². The van der Waals surface area contributed by atoms with Crippen molar-refractivity contribution in [2.45, 2.75) is 24.7 Å². The van der Waals surface area contributed by atoms with Crippen molar-refractivity contribution in [2.75, 3.05) is 12.3 Å². The van der Waals surface area contributed by atoms with E-state index in [0.29, 0.717) is 11.4 Å². The van der Waals surface area contributed by atoms with Gasteiger partial charge in [0.1, 0.15) is 0 Å². The molecule has 0 bridgehead atoms. The van der Waals surface area contributed by atoms with Gasteiger partial charge in [0.05, 0.1) is 10.6 Å². The fourth-order valence-electron chi connectivity index (χ4n) is 2.42. The molecular weight excluding hydrogens is 282 g/mol. The van der Waals surface area contributed by atoms with Gasteiger partial charge >= 0.3 is 0 Å². The summed E-state index contributed by atoms with van der Waals surface area (Å²) in [5.41, 5.74) is 8.49. The van der Waals surface area contributed by atoms with Gasteiger partial charge in [0.15, 0.2) is 9.84 Å². The summed E-state index contributed by atoms with van der Waals surface area (Å²) in [6.07, 6.45) is 0. The number of benzene rings is 2. The molecule has 0 saturated carbocycles. The van der Waals surface area contributed by atoms with Gasteiger partial charge in [0, 0.05) is 12.5 Å². The molecule has 1 atom stereocenters. The third kappa shape index (κ3) is 3.71. The van der Waals surface area contributed by atoms with Crippen LogP contribution in [-0.4, -0.2) is 20.7 Å². The van der Waals surface area contributed by atoms with Crippen LogP contribution in [0.4, 0.5) is 0 Å². The van der Waals surface area contributed by atoms with Crippen molar-refractivity contribution in [3.8, 4) is 0 Å². The standard InChI is InChI=1S/C17H21NO2S/c1-13-8-9-14(2)17(10-13)21(19,20)12-16(11-18)15-6-4-3-5-7-15/h3-10,16H,11-12,18H2,1-2H3. The third-order valence-corrected chi connectivity index (χ3v) is 5.61. The Morgan fingerprint density at radius 2 is 1.71 bits per heavy atom. The Balaban J connectivity index is 2.34. The highest BCUT2D eigenvalue weighted by Gasteiger charge is 2.23. The first-order chi connectivity index (χ1) is 9.94. The lowest BCUT2D eigenvalue weighted by Crippen LogP contribution is -2.22.